The number of para-hydroxylation sites is 1. The summed E-state index contributed by atoms with van der Waals surface area (Å²) in [5, 5.41) is 4.34. The first-order valence-corrected chi connectivity index (χ1v) is 6.37. The molecule has 0 unspecified atom stereocenters. The maximum Gasteiger partial charge on any atom is 0.123 e. The molecular formula is C16H14FN3. The van der Waals surface area contributed by atoms with Gasteiger partial charge in [-0.3, -0.25) is 0 Å². The Morgan fingerprint density at radius 1 is 1.10 bits per heavy atom. The van der Waals surface area contributed by atoms with Crippen molar-refractivity contribution in [1.82, 2.24) is 9.78 Å². The molecule has 0 aliphatic rings. The Morgan fingerprint density at radius 3 is 2.65 bits per heavy atom. The van der Waals surface area contributed by atoms with E-state index in [1.807, 2.05) is 36.5 Å². The quantitative estimate of drug-likeness (QED) is 0.792. The first-order valence-electron chi connectivity index (χ1n) is 6.37. The highest BCUT2D eigenvalue weighted by atomic mass is 19.1. The number of hydrogen-bond acceptors (Lipinski definition) is 2. The Bertz CT molecular complexity index is 720. The highest BCUT2D eigenvalue weighted by Crippen LogP contribution is 2.24. The summed E-state index contributed by atoms with van der Waals surface area (Å²) in [6.07, 6.45) is 3.68. The van der Waals surface area contributed by atoms with Crippen LogP contribution in [0.5, 0.6) is 0 Å². The van der Waals surface area contributed by atoms with Crippen LogP contribution in [0.25, 0.3) is 16.8 Å². The van der Waals surface area contributed by atoms with Crippen molar-refractivity contribution in [3.05, 3.63) is 72.3 Å². The molecule has 3 aromatic rings. The maximum atomic E-state index is 13.2. The second-order valence-electron chi connectivity index (χ2n) is 4.51. The highest BCUT2D eigenvalue weighted by molar-refractivity contribution is 5.66. The van der Waals surface area contributed by atoms with Crippen molar-refractivity contribution in [1.29, 1.82) is 0 Å². The first kappa shape index (κ1) is 12.6. The van der Waals surface area contributed by atoms with E-state index in [2.05, 4.69) is 5.10 Å². The smallest absolute Gasteiger partial charge is 0.123 e. The second kappa shape index (κ2) is 5.27. The average Bonchev–Trinajstić information content (AvgIpc) is 2.97. The topological polar surface area (TPSA) is 43.8 Å². The zero-order chi connectivity index (χ0) is 13.9. The van der Waals surface area contributed by atoms with Gasteiger partial charge in [0.05, 0.1) is 11.9 Å². The van der Waals surface area contributed by atoms with Crippen LogP contribution < -0.4 is 5.73 Å². The minimum Gasteiger partial charge on any atom is -0.326 e. The molecule has 3 rings (SSSR count). The van der Waals surface area contributed by atoms with Crippen LogP contribution in [0.15, 0.2) is 60.9 Å². The van der Waals surface area contributed by atoms with E-state index >= 15 is 0 Å². The van der Waals surface area contributed by atoms with Gasteiger partial charge in [-0.25, -0.2) is 9.07 Å². The van der Waals surface area contributed by atoms with Crippen molar-refractivity contribution in [3.63, 3.8) is 0 Å². The van der Waals surface area contributed by atoms with Crippen molar-refractivity contribution in [2.24, 2.45) is 5.73 Å². The third kappa shape index (κ3) is 2.33. The lowest BCUT2D eigenvalue weighted by Gasteiger charge is -2.05. The summed E-state index contributed by atoms with van der Waals surface area (Å²) in [7, 11) is 0. The molecule has 0 saturated heterocycles. The number of nitrogens with zero attached hydrogens (tertiary/aromatic N) is 2. The lowest BCUT2D eigenvalue weighted by Crippen LogP contribution is -1.99. The fraction of sp³-hybridized carbons (Fsp3) is 0.0625. The molecule has 2 N–H and O–H groups in total. The first-order chi connectivity index (χ1) is 9.78. The van der Waals surface area contributed by atoms with Crippen molar-refractivity contribution in [2.75, 3.05) is 0 Å². The largest absolute Gasteiger partial charge is 0.326 e. The van der Waals surface area contributed by atoms with Crippen molar-refractivity contribution < 1.29 is 4.39 Å². The van der Waals surface area contributed by atoms with Crippen molar-refractivity contribution in [2.45, 2.75) is 6.54 Å². The Balaban J connectivity index is 2.02. The van der Waals surface area contributed by atoms with Crippen molar-refractivity contribution >= 4 is 0 Å². The predicted molar refractivity (Wildman–Crippen MR) is 76.8 cm³/mol. The van der Waals surface area contributed by atoms with Crippen LogP contribution in [0.4, 0.5) is 4.39 Å². The molecule has 0 aliphatic heterocycles. The summed E-state index contributed by atoms with van der Waals surface area (Å²) in [5.74, 6) is -0.273. The van der Waals surface area contributed by atoms with Crippen LogP contribution in [0.3, 0.4) is 0 Å². The molecule has 4 heteroatoms. The molecule has 1 aromatic heterocycles. The van der Waals surface area contributed by atoms with Gasteiger partial charge in [-0.2, -0.15) is 5.10 Å². The molecule has 0 aliphatic carbocycles. The van der Waals surface area contributed by atoms with Gasteiger partial charge in [-0.15, -0.1) is 0 Å². The number of aromatic nitrogens is 2. The van der Waals surface area contributed by atoms with Gasteiger partial charge in [0, 0.05) is 18.3 Å². The van der Waals surface area contributed by atoms with Crippen LogP contribution in [0.2, 0.25) is 0 Å². The summed E-state index contributed by atoms with van der Waals surface area (Å²) in [6.45, 7) is 0.295. The van der Waals surface area contributed by atoms with Gasteiger partial charge < -0.3 is 5.73 Å². The van der Waals surface area contributed by atoms with Crippen LogP contribution in [0, 0.1) is 5.82 Å². The van der Waals surface area contributed by atoms with E-state index in [1.54, 1.807) is 16.9 Å². The lowest BCUT2D eigenvalue weighted by molar-refractivity contribution is 0.625. The molecular weight excluding hydrogens is 253 g/mol. The normalized spacial score (nSPS) is 10.7. The minimum absolute atomic E-state index is 0.273. The molecule has 0 spiro atoms. The van der Waals surface area contributed by atoms with Gasteiger partial charge in [0.1, 0.15) is 5.82 Å². The van der Waals surface area contributed by atoms with Crippen LogP contribution in [-0.2, 0) is 6.54 Å². The zero-order valence-corrected chi connectivity index (χ0v) is 10.8. The Kier molecular flexibility index (Phi) is 3.31. The standard InChI is InChI=1S/C16H14FN3/c17-14-6-7-16(12(8-14)9-18)13-10-19-20(11-13)15-4-2-1-3-5-15/h1-8,10-11H,9,18H2. The molecule has 2 aromatic carbocycles. The molecule has 0 fully saturated rings. The third-order valence-corrected chi connectivity index (χ3v) is 3.20. The summed E-state index contributed by atoms with van der Waals surface area (Å²) >= 11 is 0. The van der Waals surface area contributed by atoms with Gasteiger partial charge >= 0.3 is 0 Å². The fourth-order valence-corrected chi connectivity index (χ4v) is 2.20. The number of hydrogen-bond donors (Lipinski definition) is 1. The van der Waals surface area contributed by atoms with Crippen LogP contribution in [-0.4, -0.2) is 9.78 Å². The predicted octanol–water partition coefficient (Wildman–Crippen LogP) is 3.14. The molecule has 1 heterocycles. The van der Waals surface area contributed by atoms with Crippen LogP contribution in [0.1, 0.15) is 5.56 Å². The summed E-state index contributed by atoms with van der Waals surface area (Å²) in [6, 6.07) is 14.5. The molecule has 0 saturated carbocycles. The van der Waals surface area contributed by atoms with Gasteiger partial charge in [0.2, 0.25) is 0 Å². The number of benzene rings is 2. The molecule has 0 radical (unpaired) electrons. The maximum absolute atomic E-state index is 13.2. The van der Waals surface area contributed by atoms with E-state index in [0.717, 1.165) is 22.4 Å². The molecule has 100 valence electrons. The monoisotopic (exact) mass is 267 g/mol. The van der Waals surface area contributed by atoms with E-state index in [-0.39, 0.29) is 5.82 Å². The molecule has 0 bridgehead atoms. The molecule has 20 heavy (non-hydrogen) atoms. The molecule has 3 nitrogen and oxygen atoms in total. The molecule has 0 amide bonds. The Labute approximate surface area is 116 Å². The summed E-state index contributed by atoms with van der Waals surface area (Å²) in [4.78, 5) is 0. The SMILES string of the molecule is NCc1cc(F)ccc1-c1cnn(-c2ccccc2)c1. The van der Waals surface area contributed by atoms with E-state index in [1.165, 1.54) is 12.1 Å². The van der Waals surface area contributed by atoms with Gasteiger partial charge in [0.15, 0.2) is 0 Å². The highest BCUT2D eigenvalue weighted by Gasteiger charge is 2.08. The average molecular weight is 267 g/mol. The lowest BCUT2D eigenvalue weighted by atomic mass is 10.0. The van der Waals surface area contributed by atoms with Crippen LogP contribution >= 0.6 is 0 Å². The summed E-state index contributed by atoms with van der Waals surface area (Å²) < 4.78 is 15.0. The third-order valence-electron chi connectivity index (χ3n) is 3.20. The number of nitrogens with two attached hydrogens (primary N) is 1. The van der Waals surface area contributed by atoms with E-state index < -0.39 is 0 Å². The Morgan fingerprint density at radius 2 is 1.90 bits per heavy atom. The second-order valence-corrected chi connectivity index (χ2v) is 4.51. The summed E-state index contributed by atoms with van der Waals surface area (Å²) in [5.41, 5.74) is 9.28. The number of halogens is 1. The fourth-order valence-electron chi connectivity index (χ4n) is 2.20. The number of rotatable bonds is 3. The van der Waals surface area contributed by atoms with Crippen molar-refractivity contribution in [3.8, 4) is 16.8 Å². The molecule has 0 atom stereocenters. The van der Waals surface area contributed by atoms with Gasteiger partial charge in [-0.05, 0) is 35.4 Å². The van der Waals surface area contributed by atoms with E-state index in [4.69, 9.17) is 5.73 Å². The zero-order valence-electron chi connectivity index (χ0n) is 10.8. The van der Waals surface area contributed by atoms with E-state index in [9.17, 15) is 4.39 Å². The Hall–Kier alpha value is -2.46. The van der Waals surface area contributed by atoms with E-state index in [0.29, 0.717) is 6.54 Å². The van der Waals surface area contributed by atoms with Gasteiger partial charge in [-0.1, -0.05) is 24.3 Å². The van der Waals surface area contributed by atoms with Gasteiger partial charge in [0.25, 0.3) is 0 Å². The minimum atomic E-state index is -0.273.